The van der Waals surface area contributed by atoms with Crippen molar-refractivity contribution in [3.05, 3.63) is 93.4 Å². The Labute approximate surface area is 186 Å². The predicted octanol–water partition coefficient (Wildman–Crippen LogP) is 2.55. The highest BCUT2D eigenvalue weighted by Gasteiger charge is 2.13. The summed E-state index contributed by atoms with van der Waals surface area (Å²) in [5, 5.41) is 7.18. The molecule has 7 nitrogen and oxygen atoms in total. The molecule has 1 aliphatic rings. The van der Waals surface area contributed by atoms with Crippen LogP contribution in [0.25, 0.3) is 0 Å². The van der Waals surface area contributed by atoms with Crippen molar-refractivity contribution in [3.63, 3.8) is 0 Å². The zero-order valence-corrected chi connectivity index (χ0v) is 17.8. The van der Waals surface area contributed by atoms with Crippen LogP contribution in [0, 0.1) is 0 Å². The van der Waals surface area contributed by atoms with Crippen molar-refractivity contribution in [2.75, 3.05) is 13.2 Å². The zero-order chi connectivity index (χ0) is 22.3. The molecule has 1 N–H and O–H groups in total. The number of ether oxygens (including phenoxy) is 1. The first-order valence-electron chi connectivity index (χ1n) is 10.8. The van der Waals surface area contributed by atoms with E-state index in [0.717, 1.165) is 36.9 Å². The van der Waals surface area contributed by atoms with Crippen molar-refractivity contribution in [3.8, 4) is 5.75 Å². The smallest absolute Gasteiger partial charge is 0.267 e. The van der Waals surface area contributed by atoms with E-state index < -0.39 is 0 Å². The lowest BCUT2D eigenvalue weighted by Crippen LogP contribution is -2.35. The standard InChI is InChI=1S/C25H25N3O4/c29-23(26-14-15-28-24(30)16-20-8-4-5-9-22(20)27-28)17-32-21-12-10-19(11-13-21)25(31)18-6-2-1-3-7-18/h1-3,6-7,10-13,16H,4-5,8-9,14-15,17H2,(H,26,29). The highest BCUT2D eigenvalue weighted by molar-refractivity contribution is 6.08. The molecule has 0 atom stereocenters. The summed E-state index contributed by atoms with van der Waals surface area (Å²) in [5.74, 6) is 0.138. The molecule has 0 radical (unpaired) electrons. The molecule has 0 saturated carbocycles. The summed E-state index contributed by atoms with van der Waals surface area (Å²) in [6, 6.07) is 17.4. The number of hydrogen-bond donors (Lipinski definition) is 1. The third-order valence-electron chi connectivity index (χ3n) is 5.44. The number of aromatic nitrogens is 2. The number of ketones is 1. The van der Waals surface area contributed by atoms with Crippen LogP contribution in [0.15, 0.2) is 65.5 Å². The fourth-order valence-electron chi connectivity index (χ4n) is 3.72. The molecule has 32 heavy (non-hydrogen) atoms. The van der Waals surface area contributed by atoms with Crippen LogP contribution in [0.1, 0.15) is 40.0 Å². The van der Waals surface area contributed by atoms with Gasteiger partial charge >= 0.3 is 0 Å². The first-order valence-corrected chi connectivity index (χ1v) is 10.8. The van der Waals surface area contributed by atoms with E-state index in [0.29, 0.717) is 30.0 Å². The van der Waals surface area contributed by atoms with Crippen LogP contribution in [0.2, 0.25) is 0 Å². The quantitative estimate of drug-likeness (QED) is 0.554. The van der Waals surface area contributed by atoms with E-state index in [4.69, 9.17) is 4.74 Å². The number of benzene rings is 2. The number of nitrogens with zero attached hydrogens (tertiary/aromatic N) is 2. The van der Waals surface area contributed by atoms with Gasteiger partial charge in [-0.25, -0.2) is 4.68 Å². The molecule has 0 saturated heterocycles. The Balaban J connectivity index is 1.24. The van der Waals surface area contributed by atoms with Gasteiger partial charge in [0.05, 0.1) is 12.2 Å². The maximum atomic E-state index is 12.4. The molecule has 0 spiro atoms. The van der Waals surface area contributed by atoms with E-state index in [2.05, 4.69) is 10.4 Å². The molecule has 1 aromatic heterocycles. The lowest BCUT2D eigenvalue weighted by Gasteiger charge is -2.16. The first kappa shape index (κ1) is 21.5. The minimum Gasteiger partial charge on any atom is -0.484 e. The topological polar surface area (TPSA) is 90.3 Å². The average Bonchev–Trinajstić information content (AvgIpc) is 2.83. The maximum absolute atomic E-state index is 12.4. The van der Waals surface area contributed by atoms with Gasteiger partial charge < -0.3 is 10.1 Å². The van der Waals surface area contributed by atoms with Gasteiger partial charge in [-0.3, -0.25) is 14.4 Å². The normalized spacial score (nSPS) is 12.6. The minimum atomic E-state index is -0.291. The number of rotatable bonds is 8. The van der Waals surface area contributed by atoms with Crippen molar-refractivity contribution in [2.24, 2.45) is 0 Å². The summed E-state index contributed by atoms with van der Waals surface area (Å²) in [4.78, 5) is 36.7. The van der Waals surface area contributed by atoms with Crippen molar-refractivity contribution in [1.82, 2.24) is 15.1 Å². The summed E-state index contributed by atoms with van der Waals surface area (Å²) in [5.41, 5.74) is 3.07. The molecule has 2 aromatic carbocycles. The fourth-order valence-corrected chi connectivity index (χ4v) is 3.72. The van der Waals surface area contributed by atoms with Gasteiger partial charge in [-0.05, 0) is 55.5 Å². The van der Waals surface area contributed by atoms with Crippen LogP contribution in [0.4, 0.5) is 0 Å². The van der Waals surface area contributed by atoms with E-state index in [-0.39, 0.29) is 23.9 Å². The predicted molar refractivity (Wildman–Crippen MR) is 120 cm³/mol. The average molecular weight is 431 g/mol. The second kappa shape index (κ2) is 10.0. The van der Waals surface area contributed by atoms with Crippen LogP contribution in [-0.2, 0) is 24.2 Å². The highest BCUT2D eigenvalue weighted by atomic mass is 16.5. The third kappa shape index (κ3) is 5.29. The molecule has 0 bridgehead atoms. The van der Waals surface area contributed by atoms with Gasteiger partial charge in [-0.1, -0.05) is 30.3 Å². The van der Waals surface area contributed by atoms with E-state index >= 15 is 0 Å². The zero-order valence-electron chi connectivity index (χ0n) is 17.8. The number of fused-ring (bicyclic) bond motifs is 1. The number of amides is 1. The maximum Gasteiger partial charge on any atom is 0.267 e. The van der Waals surface area contributed by atoms with Crippen LogP contribution in [-0.4, -0.2) is 34.6 Å². The molecule has 1 amide bonds. The van der Waals surface area contributed by atoms with Crippen LogP contribution >= 0.6 is 0 Å². The highest BCUT2D eigenvalue weighted by Crippen LogP contribution is 2.17. The molecule has 0 aliphatic heterocycles. The number of aryl methyl sites for hydroxylation is 2. The van der Waals surface area contributed by atoms with Crippen molar-refractivity contribution >= 4 is 11.7 Å². The van der Waals surface area contributed by atoms with Gasteiger partial charge in [0.25, 0.3) is 11.5 Å². The fraction of sp³-hybridized carbons (Fsp3) is 0.280. The van der Waals surface area contributed by atoms with Gasteiger partial charge in [0.1, 0.15) is 5.75 Å². The number of nitrogens with one attached hydrogen (secondary N) is 1. The summed E-state index contributed by atoms with van der Waals surface area (Å²) < 4.78 is 6.91. The van der Waals surface area contributed by atoms with Gasteiger partial charge in [-0.15, -0.1) is 0 Å². The van der Waals surface area contributed by atoms with E-state index in [1.54, 1.807) is 42.5 Å². The van der Waals surface area contributed by atoms with Crippen LogP contribution < -0.4 is 15.6 Å². The molecule has 7 heteroatoms. The Bertz CT molecular complexity index is 1150. The molecule has 3 aromatic rings. The number of carbonyl (C=O) groups excluding carboxylic acids is 2. The molecule has 164 valence electrons. The van der Waals surface area contributed by atoms with Crippen molar-refractivity contribution in [2.45, 2.75) is 32.2 Å². The second-order valence-corrected chi connectivity index (χ2v) is 7.74. The number of hydrogen-bond acceptors (Lipinski definition) is 5. The minimum absolute atomic E-state index is 0.0686. The van der Waals surface area contributed by atoms with E-state index in [1.165, 1.54) is 4.68 Å². The molecule has 1 aliphatic carbocycles. The van der Waals surface area contributed by atoms with E-state index in [9.17, 15) is 14.4 Å². The summed E-state index contributed by atoms with van der Waals surface area (Å²) in [6.45, 7) is 0.449. The SMILES string of the molecule is O=C(COc1ccc(C(=O)c2ccccc2)cc1)NCCn1nc2c(cc1=O)CCCC2. The Morgan fingerprint density at radius 3 is 2.47 bits per heavy atom. The van der Waals surface area contributed by atoms with Crippen LogP contribution in [0.5, 0.6) is 5.75 Å². The molecular formula is C25H25N3O4. The van der Waals surface area contributed by atoms with Crippen molar-refractivity contribution < 1.29 is 14.3 Å². The lowest BCUT2D eigenvalue weighted by molar-refractivity contribution is -0.123. The summed E-state index contributed by atoms with van der Waals surface area (Å²) in [7, 11) is 0. The second-order valence-electron chi connectivity index (χ2n) is 7.74. The molecule has 0 fully saturated rings. The Morgan fingerprint density at radius 1 is 0.969 bits per heavy atom. The Kier molecular flexibility index (Phi) is 6.75. The molecule has 4 rings (SSSR count). The Hall–Kier alpha value is -3.74. The number of carbonyl (C=O) groups is 2. The third-order valence-corrected chi connectivity index (χ3v) is 5.44. The molecule has 1 heterocycles. The van der Waals surface area contributed by atoms with Gasteiger partial charge in [0.15, 0.2) is 12.4 Å². The van der Waals surface area contributed by atoms with Gasteiger partial charge in [0, 0.05) is 23.7 Å². The van der Waals surface area contributed by atoms with E-state index in [1.807, 2.05) is 18.2 Å². The van der Waals surface area contributed by atoms with Crippen LogP contribution in [0.3, 0.4) is 0 Å². The van der Waals surface area contributed by atoms with Gasteiger partial charge in [-0.2, -0.15) is 5.10 Å². The van der Waals surface area contributed by atoms with Crippen molar-refractivity contribution in [1.29, 1.82) is 0 Å². The summed E-state index contributed by atoms with van der Waals surface area (Å²) >= 11 is 0. The first-order chi connectivity index (χ1) is 15.6. The largest absolute Gasteiger partial charge is 0.484 e. The Morgan fingerprint density at radius 2 is 1.69 bits per heavy atom. The summed E-state index contributed by atoms with van der Waals surface area (Å²) in [6.07, 6.45) is 3.99. The lowest BCUT2D eigenvalue weighted by atomic mass is 9.97. The molecular weight excluding hydrogens is 406 g/mol. The molecule has 0 unspecified atom stereocenters. The monoisotopic (exact) mass is 431 g/mol. The van der Waals surface area contributed by atoms with Gasteiger partial charge in [0.2, 0.25) is 0 Å².